The van der Waals surface area contributed by atoms with Crippen molar-refractivity contribution in [1.29, 1.82) is 0 Å². The first-order chi connectivity index (χ1) is 12.6. The minimum atomic E-state index is -0.435. The Bertz CT molecular complexity index is 766. The standard InChI is InChI=1S/C17H21N5O4/c1-2-26-17(23)14-7-9-20(10-8-14)12-21-11-18-16(19-21)13-3-5-15(6-4-13)22(24)25/h3-6,11,14H,2,7-10,12H2,1H3. The molecule has 138 valence electrons. The number of carbonyl (C=O) groups excluding carboxylic acids is 1. The summed E-state index contributed by atoms with van der Waals surface area (Å²) in [5.41, 5.74) is 0.771. The van der Waals surface area contributed by atoms with Crippen LogP contribution >= 0.6 is 0 Å². The van der Waals surface area contributed by atoms with Crippen molar-refractivity contribution in [2.75, 3.05) is 19.7 Å². The predicted molar refractivity (Wildman–Crippen MR) is 93.0 cm³/mol. The first kappa shape index (κ1) is 18.0. The van der Waals surface area contributed by atoms with Gasteiger partial charge in [-0.05, 0) is 31.9 Å². The van der Waals surface area contributed by atoms with Gasteiger partial charge in [0, 0.05) is 30.8 Å². The first-order valence-corrected chi connectivity index (χ1v) is 8.60. The fourth-order valence-corrected chi connectivity index (χ4v) is 3.00. The van der Waals surface area contributed by atoms with E-state index in [0.717, 1.165) is 31.5 Å². The molecule has 0 spiro atoms. The minimum absolute atomic E-state index is 0.0161. The number of hydrogen-bond acceptors (Lipinski definition) is 7. The van der Waals surface area contributed by atoms with Gasteiger partial charge in [0.1, 0.15) is 6.33 Å². The Hall–Kier alpha value is -2.81. The average molecular weight is 359 g/mol. The molecule has 0 bridgehead atoms. The highest BCUT2D eigenvalue weighted by Crippen LogP contribution is 2.21. The van der Waals surface area contributed by atoms with Crippen LogP contribution in [0.3, 0.4) is 0 Å². The molecule has 0 unspecified atom stereocenters. The highest BCUT2D eigenvalue weighted by atomic mass is 16.6. The Morgan fingerprint density at radius 3 is 2.62 bits per heavy atom. The van der Waals surface area contributed by atoms with Crippen LogP contribution in [0.1, 0.15) is 19.8 Å². The molecule has 0 atom stereocenters. The van der Waals surface area contributed by atoms with Crippen molar-refractivity contribution in [2.24, 2.45) is 5.92 Å². The second kappa shape index (κ2) is 8.05. The molecule has 1 fully saturated rings. The van der Waals surface area contributed by atoms with Crippen molar-refractivity contribution in [1.82, 2.24) is 19.7 Å². The molecule has 0 saturated carbocycles. The summed E-state index contributed by atoms with van der Waals surface area (Å²) in [7, 11) is 0. The van der Waals surface area contributed by atoms with Gasteiger partial charge < -0.3 is 4.74 Å². The lowest BCUT2D eigenvalue weighted by Crippen LogP contribution is -2.38. The molecule has 9 heteroatoms. The van der Waals surface area contributed by atoms with Crippen LogP contribution in [0.5, 0.6) is 0 Å². The Labute approximate surface area is 150 Å². The van der Waals surface area contributed by atoms with E-state index in [9.17, 15) is 14.9 Å². The van der Waals surface area contributed by atoms with E-state index in [4.69, 9.17) is 4.74 Å². The van der Waals surface area contributed by atoms with Crippen LogP contribution in [-0.4, -0.2) is 50.3 Å². The number of benzene rings is 1. The lowest BCUT2D eigenvalue weighted by molar-refractivity contribution is -0.384. The first-order valence-electron chi connectivity index (χ1n) is 8.60. The third-order valence-corrected chi connectivity index (χ3v) is 4.43. The second-order valence-electron chi connectivity index (χ2n) is 6.20. The molecular weight excluding hydrogens is 338 g/mol. The molecule has 0 radical (unpaired) electrons. The van der Waals surface area contributed by atoms with E-state index in [1.807, 2.05) is 6.92 Å². The van der Waals surface area contributed by atoms with Gasteiger partial charge in [-0.25, -0.2) is 9.67 Å². The number of rotatable bonds is 6. The number of hydrogen-bond donors (Lipinski definition) is 0. The van der Waals surface area contributed by atoms with Gasteiger partial charge in [0.2, 0.25) is 0 Å². The number of esters is 1. The van der Waals surface area contributed by atoms with Crippen molar-refractivity contribution in [3.05, 3.63) is 40.7 Å². The molecule has 26 heavy (non-hydrogen) atoms. The summed E-state index contributed by atoms with van der Waals surface area (Å²) in [4.78, 5) is 28.5. The van der Waals surface area contributed by atoms with Crippen LogP contribution in [0.2, 0.25) is 0 Å². The summed E-state index contributed by atoms with van der Waals surface area (Å²) < 4.78 is 6.82. The summed E-state index contributed by atoms with van der Waals surface area (Å²) in [6, 6.07) is 6.16. The van der Waals surface area contributed by atoms with Crippen LogP contribution in [0.15, 0.2) is 30.6 Å². The molecule has 1 aliphatic rings. The minimum Gasteiger partial charge on any atom is -0.466 e. The number of nitro groups is 1. The van der Waals surface area contributed by atoms with Crippen molar-refractivity contribution in [2.45, 2.75) is 26.4 Å². The molecule has 1 aliphatic heterocycles. The third kappa shape index (κ3) is 4.23. The van der Waals surface area contributed by atoms with Gasteiger partial charge in [-0.2, -0.15) is 0 Å². The predicted octanol–water partition coefficient (Wildman–Crippen LogP) is 2.09. The Kier molecular flexibility index (Phi) is 5.57. The number of aromatic nitrogens is 3. The molecule has 3 rings (SSSR count). The quantitative estimate of drug-likeness (QED) is 0.442. The number of likely N-dealkylation sites (tertiary alicyclic amines) is 1. The summed E-state index contributed by atoms with van der Waals surface area (Å²) >= 11 is 0. The van der Waals surface area contributed by atoms with Crippen LogP contribution in [0, 0.1) is 16.0 Å². The Morgan fingerprint density at radius 2 is 2.00 bits per heavy atom. The van der Waals surface area contributed by atoms with Gasteiger partial charge in [-0.15, -0.1) is 5.10 Å². The lowest BCUT2D eigenvalue weighted by Gasteiger charge is -2.30. The van der Waals surface area contributed by atoms with Crippen molar-refractivity contribution in [3.8, 4) is 11.4 Å². The maximum atomic E-state index is 11.8. The Morgan fingerprint density at radius 1 is 1.31 bits per heavy atom. The summed E-state index contributed by atoms with van der Waals surface area (Å²) in [6.45, 7) is 4.44. The fraction of sp³-hybridized carbons (Fsp3) is 0.471. The van der Waals surface area contributed by atoms with E-state index in [2.05, 4.69) is 15.0 Å². The van der Waals surface area contributed by atoms with Crippen molar-refractivity contribution < 1.29 is 14.5 Å². The van der Waals surface area contributed by atoms with Crippen LogP contribution in [-0.2, 0) is 16.2 Å². The van der Waals surface area contributed by atoms with Crippen molar-refractivity contribution >= 4 is 11.7 Å². The zero-order valence-corrected chi connectivity index (χ0v) is 14.6. The number of ether oxygens (including phenoxy) is 1. The zero-order chi connectivity index (χ0) is 18.5. The summed E-state index contributed by atoms with van der Waals surface area (Å²) in [5.74, 6) is 0.410. The highest BCUT2D eigenvalue weighted by Gasteiger charge is 2.26. The monoisotopic (exact) mass is 359 g/mol. The molecule has 1 saturated heterocycles. The van der Waals surface area contributed by atoms with E-state index in [0.29, 0.717) is 19.1 Å². The van der Waals surface area contributed by atoms with Crippen molar-refractivity contribution in [3.63, 3.8) is 0 Å². The smallest absolute Gasteiger partial charge is 0.309 e. The average Bonchev–Trinajstić information content (AvgIpc) is 3.11. The van der Waals surface area contributed by atoms with E-state index in [-0.39, 0.29) is 17.6 Å². The summed E-state index contributed by atoms with van der Waals surface area (Å²) in [5, 5.41) is 15.1. The maximum Gasteiger partial charge on any atom is 0.309 e. The molecule has 0 amide bonds. The third-order valence-electron chi connectivity index (χ3n) is 4.43. The largest absolute Gasteiger partial charge is 0.466 e. The molecule has 1 aromatic heterocycles. The number of nitrogens with zero attached hydrogens (tertiary/aromatic N) is 5. The van der Waals surface area contributed by atoms with Gasteiger partial charge in [0.25, 0.3) is 5.69 Å². The second-order valence-corrected chi connectivity index (χ2v) is 6.20. The topological polar surface area (TPSA) is 103 Å². The van der Waals surface area contributed by atoms with E-state index < -0.39 is 4.92 Å². The number of carbonyl (C=O) groups is 1. The molecule has 2 heterocycles. The van der Waals surface area contributed by atoms with Crippen LogP contribution in [0.4, 0.5) is 5.69 Å². The van der Waals surface area contributed by atoms with Crippen LogP contribution in [0.25, 0.3) is 11.4 Å². The van der Waals surface area contributed by atoms with Gasteiger partial charge in [0.15, 0.2) is 5.82 Å². The zero-order valence-electron chi connectivity index (χ0n) is 14.6. The van der Waals surface area contributed by atoms with Gasteiger partial charge in [-0.3, -0.25) is 19.8 Å². The number of nitro benzene ring substituents is 1. The number of piperidine rings is 1. The van der Waals surface area contributed by atoms with Gasteiger partial charge in [0.05, 0.1) is 24.1 Å². The fourth-order valence-electron chi connectivity index (χ4n) is 3.00. The van der Waals surface area contributed by atoms with E-state index >= 15 is 0 Å². The van der Waals surface area contributed by atoms with Gasteiger partial charge in [-0.1, -0.05) is 0 Å². The van der Waals surface area contributed by atoms with Crippen LogP contribution < -0.4 is 0 Å². The summed E-state index contributed by atoms with van der Waals surface area (Å²) in [6.07, 6.45) is 3.21. The maximum absolute atomic E-state index is 11.8. The normalized spacial score (nSPS) is 15.7. The highest BCUT2D eigenvalue weighted by molar-refractivity contribution is 5.72. The SMILES string of the molecule is CCOC(=O)C1CCN(Cn2cnc(-c3ccc([N+](=O)[O-])cc3)n2)CC1. The number of non-ortho nitro benzene ring substituents is 1. The lowest BCUT2D eigenvalue weighted by atomic mass is 9.97. The van der Waals surface area contributed by atoms with E-state index in [1.165, 1.54) is 12.1 Å². The molecule has 0 N–H and O–H groups in total. The molecule has 0 aliphatic carbocycles. The molecule has 9 nitrogen and oxygen atoms in total. The van der Waals surface area contributed by atoms with Gasteiger partial charge >= 0.3 is 5.97 Å². The van der Waals surface area contributed by atoms with E-state index in [1.54, 1.807) is 23.1 Å². The molecular formula is C17H21N5O4. The molecule has 1 aromatic carbocycles. The Balaban J connectivity index is 1.56. The molecule has 2 aromatic rings.